The monoisotopic (exact) mass is 203 g/mol. The molecule has 0 bridgehead atoms. The van der Waals surface area contributed by atoms with E-state index in [0.29, 0.717) is 12.6 Å². The van der Waals surface area contributed by atoms with Gasteiger partial charge in [0, 0.05) is 18.6 Å². The molecule has 80 valence electrons. The summed E-state index contributed by atoms with van der Waals surface area (Å²) in [4.78, 5) is 2.45. The molecule has 0 aromatic heterocycles. The summed E-state index contributed by atoms with van der Waals surface area (Å²) < 4.78 is 0. The van der Waals surface area contributed by atoms with Crippen LogP contribution in [0.3, 0.4) is 0 Å². The predicted molar refractivity (Wildman–Crippen MR) is 59.0 cm³/mol. The Hall–Kier alpha value is -1.03. The van der Waals surface area contributed by atoms with Gasteiger partial charge >= 0.3 is 0 Å². The Morgan fingerprint density at radius 3 is 2.87 bits per heavy atom. The minimum absolute atomic E-state index is 0.408. The van der Waals surface area contributed by atoms with Crippen molar-refractivity contribution in [1.82, 2.24) is 10.2 Å². The zero-order valence-electron chi connectivity index (χ0n) is 9.16. The van der Waals surface area contributed by atoms with Gasteiger partial charge in [-0.3, -0.25) is 10.2 Å². The van der Waals surface area contributed by atoms with Crippen molar-refractivity contribution in [3.8, 4) is 18.4 Å². The molecule has 3 heteroatoms. The van der Waals surface area contributed by atoms with E-state index in [0.717, 1.165) is 19.0 Å². The molecular formula is C12H17N3. The third kappa shape index (κ3) is 2.00. The molecule has 0 aromatic carbocycles. The van der Waals surface area contributed by atoms with Gasteiger partial charge in [0.1, 0.15) is 5.54 Å². The minimum Gasteiger partial charge on any atom is -0.295 e. The molecular weight excluding hydrogens is 186 g/mol. The van der Waals surface area contributed by atoms with Crippen LogP contribution in [0.25, 0.3) is 0 Å². The molecule has 1 saturated heterocycles. The first-order valence-electron chi connectivity index (χ1n) is 5.56. The van der Waals surface area contributed by atoms with Crippen molar-refractivity contribution in [1.29, 1.82) is 5.26 Å². The second-order valence-electron chi connectivity index (χ2n) is 4.71. The first-order chi connectivity index (χ1) is 7.21. The summed E-state index contributed by atoms with van der Waals surface area (Å²) in [7, 11) is 0. The molecule has 2 atom stereocenters. The highest BCUT2D eigenvalue weighted by Crippen LogP contribution is 2.36. The van der Waals surface area contributed by atoms with Gasteiger partial charge < -0.3 is 0 Å². The number of hydrogen-bond acceptors (Lipinski definition) is 3. The van der Waals surface area contributed by atoms with Gasteiger partial charge in [0.25, 0.3) is 0 Å². The van der Waals surface area contributed by atoms with E-state index >= 15 is 0 Å². The molecule has 1 aliphatic carbocycles. The zero-order valence-corrected chi connectivity index (χ0v) is 9.16. The third-order valence-corrected chi connectivity index (χ3v) is 3.42. The number of nitrogens with one attached hydrogen (secondary N) is 1. The molecule has 1 heterocycles. The van der Waals surface area contributed by atoms with E-state index in [1.807, 2.05) is 0 Å². The lowest BCUT2D eigenvalue weighted by atomic mass is 9.98. The fourth-order valence-corrected chi connectivity index (χ4v) is 2.52. The third-order valence-electron chi connectivity index (χ3n) is 3.42. The van der Waals surface area contributed by atoms with Crippen LogP contribution in [0.15, 0.2) is 0 Å². The van der Waals surface area contributed by atoms with E-state index in [1.54, 1.807) is 0 Å². The predicted octanol–water partition coefficient (Wildman–Crippen LogP) is 0.728. The first kappa shape index (κ1) is 10.5. The molecule has 1 saturated carbocycles. The molecule has 3 nitrogen and oxygen atoms in total. The average molecular weight is 203 g/mol. The van der Waals surface area contributed by atoms with Gasteiger partial charge in [-0.05, 0) is 26.2 Å². The maximum Gasteiger partial charge on any atom is 0.121 e. The van der Waals surface area contributed by atoms with Gasteiger partial charge in [0.15, 0.2) is 0 Å². The Labute approximate surface area is 91.4 Å². The molecule has 2 unspecified atom stereocenters. The minimum atomic E-state index is -0.408. The van der Waals surface area contributed by atoms with Gasteiger partial charge in [-0.2, -0.15) is 5.26 Å². The average Bonchev–Trinajstić information content (AvgIpc) is 3.02. The summed E-state index contributed by atoms with van der Waals surface area (Å²) in [5.74, 6) is 2.55. The molecule has 2 aliphatic rings. The second kappa shape index (κ2) is 3.85. The van der Waals surface area contributed by atoms with Crippen LogP contribution in [0.2, 0.25) is 0 Å². The van der Waals surface area contributed by atoms with Crippen LogP contribution in [0.1, 0.15) is 26.2 Å². The van der Waals surface area contributed by atoms with Crippen LogP contribution in [0.4, 0.5) is 0 Å². The molecule has 2 fully saturated rings. The number of nitrogens with zero attached hydrogens (tertiary/aromatic N) is 2. The van der Waals surface area contributed by atoms with Crippen LogP contribution >= 0.6 is 0 Å². The molecule has 15 heavy (non-hydrogen) atoms. The second-order valence-corrected chi connectivity index (χ2v) is 4.71. The Balaban J connectivity index is 2.03. The molecule has 0 spiro atoms. The van der Waals surface area contributed by atoms with Crippen molar-refractivity contribution in [3.05, 3.63) is 0 Å². The van der Waals surface area contributed by atoms with Gasteiger partial charge in [0.05, 0.1) is 12.6 Å². The first-order valence-corrected chi connectivity index (χ1v) is 5.56. The van der Waals surface area contributed by atoms with E-state index in [9.17, 15) is 5.26 Å². The SMILES string of the molecule is C#CCNC1(C#N)CC(C)N(C2CC2)C1. The standard InChI is InChI=1S/C12H17N3/c1-3-6-14-12(8-13)7-10(2)15(9-12)11-4-5-11/h1,10-11,14H,4-7,9H2,2H3. The molecule has 1 aliphatic heterocycles. The molecule has 2 rings (SSSR count). The van der Waals surface area contributed by atoms with E-state index in [-0.39, 0.29) is 0 Å². The molecule has 1 N–H and O–H groups in total. The summed E-state index contributed by atoms with van der Waals surface area (Å²) in [5.41, 5.74) is -0.408. The summed E-state index contributed by atoms with van der Waals surface area (Å²) in [5, 5.41) is 12.5. The fraction of sp³-hybridized carbons (Fsp3) is 0.750. The maximum atomic E-state index is 9.27. The van der Waals surface area contributed by atoms with Crippen LogP contribution in [0, 0.1) is 23.7 Å². The lowest BCUT2D eigenvalue weighted by Gasteiger charge is -2.22. The molecule has 0 aromatic rings. The topological polar surface area (TPSA) is 39.1 Å². The van der Waals surface area contributed by atoms with Crippen molar-refractivity contribution >= 4 is 0 Å². The van der Waals surface area contributed by atoms with E-state index < -0.39 is 5.54 Å². The highest BCUT2D eigenvalue weighted by molar-refractivity contribution is 5.17. The Kier molecular flexibility index (Phi) is 2.69. The maximum absolute atomic E-state index is 9.27. The fourth-order valence-electron chi connectivity index (χ4n) is 2.52. The highest BCUT2D eigenvalue weighted by Gasteiger charge is 2.46. The normalized spacial score (nSPS) is 36.1. The number of hydrogen-bond donors (Lipinski definition) is 1. The van der Waals surface area contributed by atoms with Gasteiger partial charge in [0.2, 0.25) is 0 Å². The van der Waals surface area contributed by atoms with Crippen LogP contribution in [0.5, 0.6) is 0 Å². The zero-order chi connectivity index (χ0) is 10.9. The van der Waals surface area contributed by atoms with Crippen molar-refractivity contribution in [2.45, 2.75) is 43.8 Å². The van der Waals surface area contributed by atoms with Crippen molar-refractivity contribution in [2.75, 3.05) is 13.1 Å². The smallest absolute Gasteiger partial charge is 0.121 e. The quantitative estimate of drug-likeness (QED) is 0.687. The van der Waals surface area contributed by atoms with Crippen LogP contribution in [-0.2, 0) is 0 Å². The van der Waals surface area contributed by atoms with Crippen LogP contribution in [-0.4, -0.2) is 35.6 Å². The van der Waals surface area contributed by atoms with Crippen molar-refractivity contribution in [2.24, 2.45) is 0 Å². The lowest BCUT2D eigenvalue weighted by Crippen LogP contribution is -2.46. The summed E-state index contributed by atoms with van der Waals surface area (Å²) in [6, 6.07) is 3.63. The van der Waals surface area contributed by atoms with Crippen molar-refractivity contribution < 1.29 is 0 Å². The summed E-state index contributed by atoms with van der Waals surface area (Å²) in [6.45, 7) is 3.52. The van der Waals surface area contributed by atoms with Crippen LogP contribution < -0.4 is 5.32 Å². The summed E-state index contributed by atoms with van der Waals surface area (Å²) in [6.07, 6.45) is 8.70. The Morgan fingerprint density at radius 1 is 1.60 bits per heavy atom. The Bertz CT molecular complexity index is 321. The number of nitriles is 1. The number of likely N-dealkylation sites (tertiary alicyclic amines) is 1. The van der Waals surface area contributed by atoms with E-state index in [1.165, 1.54) is 12.8 Å². The van der Waals surface area contributed by atoms with Gasteiger partial charge in [-0.25, -0.2) is 0 Å². The van der Waals surface area contributed by atoms with E-state index in [4.69, 9.17) is 6.42 Å². The van der Waals surface area contributed by atoms with Gasteiger partial charge in [-0.15, -0.1) is 6.42 Å². The molecule has 0 amide bonds. The highest BCUT2D eigenvalue weighted by atomic mass is 15.3. The lowest BCUT2D eigenvalue weighted by molar-refractivity contribution is 0.251. The number of terminal acetylenes is 1. The van der Waals surface area contributed by atoms with E-state index in [2.05, 4.69) is 29.1 Å². The largest absolute Gasteiger partial charge is 0.295 e. The summed E-state index contributed by atoms with van der Waals surface area (Å²) >= 11 is 0. The van der Waals surface area contributed by atoms with Gasteiger partial charge in [-0.1, -0.05) is 5.92 Å². The molecule has 0 radical (unpaired) electrons. The Morgan fingerprint density at radius 2 is 2.33 bits per heavy atom. The number of rotatable bonds is 3. The van der Waals surface area contributed by atoms with Crippen molar-refractivity contribution in [3.63, 3.8) is 0 Å².